The highest BCUT2D eigenvalue weighted by atomic mass is 16.5. The molecule has 2 aliphatic rings. The van der Waals surface area contributed by atoms with Crippen molar-refractivity contribution in [3.8, 4) is 0 Å². The molecule has 180 valence electrons. The van der Waals surface area contributed by atoms with Crippen LogP contribution in [-0.4, -0.2) is 53.3 Å². The Morgan fingerprint density at radius 1 is 0.970 bits per heavy atom. The number of hydrogen-bond acceptors (Lipinski definition) is 6. The molecule has 6 heteroatoms. The minimum Gasteiger partial charge on any atom is -0.375 e. The average molecular weight is 452 g/mol. The van der Waals surface area contributed by atoms with Crippen LogP contribution in [0.1, 0.15) is 79.5 Å². The van der Waals surface area contributed by atoms with Gasteiger partial charge in [0.15, 0.2) is 0 Å². The fourth-order valence-corrected chi connectivity index (χ4v) is 5.44. The Morgan fingerprint density at radius 3 is 2.21 bits per heavy atom. The van der Waals surface area contributed by atoms with Crippen molar-refractivity contribution in [3.05, 3.63) is 59.2 Å². The summed E-state index contributed by atoms with van der Waals surface area (Å²) >= 11 is 0. The molecule has 2 aromatic rings. The van der Waals surface area contributed by atoms with E-state index in [0.717, 1.165) is 45.3 Å². The second-order valence-electron chi connectivity index (χ2n) is 9.82. The summed E-state index contributed by atoms with van der Waals surface area (Å²) in [5.74, 6) is 0. The first-order chi connectivity index (χ1) is 16.1. The summed E-state index contributed by atoms with van der Waals surface area (Å²) in [4.78, 5) is 12.3. The molecule has 0 aromatic carbocycles. The van der Waals surface area contributed by atoms with Gasteiger partial charge in [0.2, 0.25) is 0 Å². The van der Waals surface area contributed by atoms with Crippen LogP contribution < -0.4 is 11.1 Å². The number of aromatic nitrogens is 2. The third-order valence-corrected chi connectivity index (χ3v) is 7.28. The number of likely N-dealkylation sites (tertiary alicyclic amines) is 1. The van der Waals surface area contributed by atoms with Gasteiger partial charge in [0, 0.05) is 25.0 Å². The molecule has 0 spiro atoms. The van der Waals surface area contributed by atoms with Crippen molar-refractivity contribution in [1.29, 1.82) is 0 Å². The largest absolute Gasteiger partial charge is 0.375 e. The molecular formula is C27H41N5O. The van der Waals surface area contributed by atoms with E-state index in [4.69, 9.17) is 20.4 Å². The third-order valence-electron chi connectivity index (χ3n) is 7.28. The first-order valence-electron chi connectivity index (χ1n) is 12.8. The summed E-state index contributed by atoms with van der Waals surface area (Å²) in [5.41, 5.74) is 11.0. The molecule has 0 saturated carbocycles. The van der Waals surface area contributed by atoms with Gasteiger partial charge in [-0.3, -0.25) is 14.9 Å². The molecule has 4 rings (SSSR count). The molecule has 0 amide bonds. The number of nitrogens with zero attached hydrogens (tertiary/aromatic N) is 3. The smallest absolute Gasteiger partial charge is 0.0700 e. The van der Waals surface area contributed by atoms with Gasteiger partial charge in [-0.05, 0) is 95.1 Å². The molecule has 2 saturated heterocycles. The Labute approximate surface area is 199 Å². The van der Waals surface area contributed by atoms with Crippen LogP contribution in [0.15, 0.2) is 36.7 Å². The van der Waals surface area contributed by atoms with Gasteiger partial charge in [-0.25, -0.2) is 0 Å². The van der Waals surface area contributed by atoms with Crippen molar-refractivity contribution in [1.82, 2.24) is 20.2 Å². The zero-order valence-electron chi connectivity index (χ0n) is 20.4. The Morgan fingerprint density at radius 2 is 1.64 bits per heavy atom. The van der Waals surface area contributed by atoms with Gasteiger partial charge in [0.1, 0.15) is 0 Å². The average Bonchev–Trinajstić information content (AvgIpc) is 2.83. The van der Waals surface area contributed by atoms with Crippen molar-refractivity contribution in [3.63, 3.8) is 0 Å². The van der Waals surface area contributed by atoms with Crippen molar-refractivity contribution in [2.75, 3.05) is 26.2 Å². The lowest BCUT2D eigenvalue weighted by Crippen LogP contribution is -2.40. The molecule has 0 radical (unpaired) electrons. The first-order valence-corrected chi connectivity index (χ1v) is 12.8. The minimum atomic E-state index is 0.220. The third kappa shape index (κ3) is 6.38. The van der Waals surface area contributed by atoms with E-state index in [1.807, 2.05) is 24.5 Å². The highest BCUT2D eigenvalue weighted by molar-refractivity contribution is 5.25. The number of unbranched alkanes of at least 4 members (excludes halogenated alkanes) is 1. The second-order valence-corrected chi connectivity index (χ2v) is 9.82. The van der Waals surface area contributed by atoms with Crippen LogP contribution in [0.25, 0.3) is 0 Å². The number of hydrogen-bond donors (Lipinski definition) is 2. The van der Waals surface area contributed by atoms with Gasteiger partial charge < -0.3 is 15.8 Å². The van der Waals surface area contributed by atoms with E-state index in [2.05, 4.69) is 36.2 Å². The van der Waals surface area contributed by atoms with Gasteiger partial charge in [-0.1, -0.05) is 12.1 Å². The van der Waals surface area contributed by atoms with Crippen molar-refractivity contribution in [2.45, 2.75) is 83.0 Å². The zero-order chi connectivity index (χ0) is 23.0. The maximum absolute atomic E-state index is 5.93. The number of aryl methyl sites for hydroxylation is 2. The van der Waals surface area contributed by atoms with Gasteiger partial charge in [-0.2, -0.15) is 0 Å². The maximum Gasteiger partial charge on any atom is 0.0700 e. The van der Waals surface area contributed by atoms with Crippen molar-refractivity contribution < 1.29 is 4.74 Å². The molecular weight excluding hydrogens is 410 g/mol. The predicted molar refractivity (Wildman–Crippen MR) is 133 cm³/mol. The summed E-state index contributed by atoms with van der Waals surface area (Å²) in [6.45, 7) is 8.12. The lowest BCUT2D eigenvalue weighted by Gasteiger charge is -2.42. The molecule has 2 aromatic heterocycles. The van der Waals surface area contributed by atoms with E-state index in [1.54, 1.807) is 0 Å². The SMILES string of the molecule is Cc1cccnc1[C@H]1CCC[C@@H](c2ncccc2C)N1CCCCNC[C@@H]1CC[C@@H](N)CO1. The molecule has 0 bridgehead atoms. The fraction of sp³-hybridized carbons (Fsp3) is 0.630. The van der Waals surface area contributed by atoms with Crippen LogP contribution >= 0.6 is 0 Å². The highest BCUT2D eigenvalue weighted by Gasteiger charge is 2.34. The Hall–Kier alpha value is -1.86. The van der Waals surface area contributed by atoms with Crippen LogP contribution in [0.2, 0.25) is 0 Å². The topological polar surface area (TPSA) is 76.3 Å². The van der Waals surface area contributed by atoms with Gasteiger partial charge in [0.05, 0.1) is 36.2 Å². The molecule has 6 nitrogen and oxygen atoms in total. The number of rotatable bonds is 9. The zero-order valence-corrected chi connectivity index (χ0v) is 20.4. The van der Waals surface area contributed by atoms with Gasteiger partial charge >= 0.3 is 0 Å². The lowest BCUT2D eigenvalue weighted by molar-refractivity contribution is 0.00637. The number of pyridine rings is 2. The van der Waals surface area contributed by atoms with Gasteiger partial charge in [0.25, 0.3) is 0 Å². The summed E-state index contributed by atoms with van der Waals surface area (Å²) in [6, 6.07) is 9.42. The van der Waals surface area contributed by atoms with Crippen LogP contribution in [0.3, 0.4) is 0 Å². The molecule has 33 heavy (non-hydrogen) atoms. The Bertz CT molecular complexity index is 814. The highest BCUT2D eigenvalue weighted by Crippen LogP contribution is 2.42. The van der Waals surface area contributed by atoms with Crippen LogP contribution in [0.4, 0.5) is 0 Å². The number of piperidine rings is 1. The van der Waals surface area contributed by atoms with Crippen molar-refractivity contribution in [2.24, 2.45) is 5.73 Å². The van der Waals surface area contributed by atoms with Crippen LogP contribution in [-0.2, 0) is 4.74 Å². The summed E-state index contributed by atoms with van der Waals surface area (Å²) in [6.07, 6.45) is 12.2. The molecule has 2 aliphatic heterocycles. The van der Waals surface area contributed by atoms with Crippen LogP contribution in [0.5, 0.6) is 0 Å². The Balaban J connectivity index is 1.37. The number of nitrogens with one attached hydrogen (secondary N) is 1. The van der Waals surface area contributed by atoms with E-state index < -0.39 is 0 Å². The molecule has 2 fully saturated rings. The van der Waals surface area contributed by atoms with E-state index in [1.165, 1.54) is 41.8 Å². The first kappa shape index (κ1) is 24.3. The van der Waals surface area contributed by atoms with Crippen molar-refractivity contribution >= 4 is 0 Å². The summed E-state index contributed by atoms with van der Waals surface area (Å²) in [5, 5.41) is 3.60. The fourth-order valence-electron chi connectivity index (χ4n) is 5.44. The molecule has 4 atom stereocenters. The van der Waals surface area contributed by atoms with Gasteiger partial charge in [-0.15, -0.1) is 0 Å². The maximum atomic E-state index is 5.93. The quantitative estimate of drug-likeness (QED) is 0.556. The van der Waals surface area contributed by atoms with E-state index in [9.17, 15) is 0 Å². The number of nitrogens with two attached hydrogens (primary N) is 1. The summed E-state index contributed by atoms with van der Waals surface area (Å²) in [7, 11) is 0. The normalized spacial score (nSPS) is 26.4. The van der Waals surface area contributed by atoms with Crippen LogP contribution in [0, 0.1) is 13.8 Å². The number of ether oxygens (including phenoxy) is 1. The van der Waals surface area contributed by atoms with E-state index >= 15 is 0 Å². The standard InChI is InChI=1S/C27H41N5O/c1-20-8-6-15-30-26(20)24-10-5-11-25(27-21(2)9-7-16-31-27)32(24)17-4-3-14-29-18-23-13-12-22(28)19-33-23/h6-9,15-16,22-25,29H,3-5,10-14,17-19,28H2,1-2H3/t22-,23+,24-,25+/m1/s1. The second kappa shape index (κ2) is 12.0. The van der Waals surface area contributed by atoms with E-state index in [-0.39, 0.29) is 6.04 Å². The molecule has 0 unspecified atom stereocenters. The summed E-state index contributed by atoms with van der Waals surface area (Å²) < 4.78 is 5.83. The lowest BCUT2D eigenvalue weighted by atomic mass is 9.88. The predicted octanol–water partition coefficient (Wildman–Crippen LogP) is 4.24. The molecule has 3 N–H and O–H groups in total. The molecule has 4 heterocycles. The minimum absolute atomic E-state index is 0.220. The monoisotopic (exact) mass is 451 g/mol. The van der Waals surface area contributed by atoms with E-state index in [0.29, 0.717) is 24.8 Å². The molecule has 0 aliphatic carbocycles. The Kier molecular flexibility index (Phi) is 8.84.